The third-order valence-corrected chi connectivity index (χ3v) is 4.50. The first-order valence-electron chi connectivity index (χ1n) is 8.15. The number of phenols is 2. The van der Waals surface area contributed by atoms with E-state index in [-0.39, 0.29) is 17.1 Å². The van der Waals surface area contributed by atoms with Gasteiger partial charge in [-0.15, -0.1) is 0 Å². The number of benzene rings is 1. The quantitative estimate of drug-likeness (QED) is 0.832. The molecule has 1 aliphatic carbocycles. The van der Waals surface area contributed by atoms with Gasteiger partial charge >= 0.3 is 5.63 Å². The smallest absolute Gasteiger partial charge is 0.339 e. The van der Waals surface area contributed by atoms with Crippen LogP contribution in [-0.2, 0) is 25.9 Å². The summed E-state index contributed by atoms with van der Waals surface area (Å²) in [6, 6.07) is 0. The van der Waals surface area contributed by atoms with Crippen LogP contribution in [0, 0.1) is 0 Å². The number of aromatic hydroxyl groups is 2. The predicted octanol–water partition coefficient (Wildman–Crippen LogP) is 1.82. The molecule has 0 spiro atoms. The summed E-state index contributed by atoms with van der Waals surface area (Å²) in [4.78, 5) is 16.1. The Hall–Kier alpha value is -2.05. The highest BCUT2D eigenvalue weighted by Crippen LogP contribution is 2.43. The van der Waals surface area contributed by atoms with E-state index in [9.17, 15) is 15.0 Å². The van der Waals surface area contributed by atoms with Crippen molar-refractivity contribution < 1.29 is 14.6 Å². The van der Waals surface area contributed by atoms with E-state index in [1.54, 1.807) is 0 Å². The van der Waals surface area contributed by atoms with Gasteiger partial charge in [0.25, 0.3) is 0 Å². The van der Waals surface area contributed by atoms with E-state index in [1.165, 1.54) is 0 Å². The second kappa shape index (κ2) is 6.11. The van der Waals surface area contributed by atoms with Gasteiger partial charge in [-0.25, -0.2) is 4.79 Å². The van der Waals surface area contributed by atoms with Crippen LogP contribution in [0.2, 0.25) is 0 Å². The third-order valence-electron chi connectivity index (χ3n) is 4.50. The van der Waals surface area contributed by atoms with E-state index in [0.717, 1.165) is 18.4 Å². The second-order valence-corrected chi connectivity index (χ2v) is 7.03. The molecule has 0 saturated carbocycles. The first-order valence-corrected chi connectivity index (χ1v) is 8.15. The maximum atomic E-state index is 12.3. The molecule has 130 valence electrons. The van der Waals surface area contributed by atoms with Gasteiger partial charge in [0.1, 0.15) is 11.5 Å². The molecule has 0 atom stereocenters. The molecule has 0 amide bonds. The minimum atomic E-state index is -0.353. The fraction of sp³-hybridized carbons (Fsp3) is 0.500. The monoisotopic (exact) mass is 332 g/mol. The van der Waals surface area contributed by atoms with Gasteiger partial charge in [0, 0.05) is 18.7 Å². The molecule has 0 radical (unpaired) electrons. The maximum Gasteiger partial charge on any atom is 0.339 e. The van der Waals surface area contributed by atoms with Crippen LogP contribution in [0.5, 0.6) is 11.5 Å². The molecule has 1 aromatic heterocycles. The van der Waals surface area contributed by atoms with E-state index in [1.807, 2.05) is 38.0 Å². The normalized spacial score (nSPS) is 14.1. The zero-order valence-corrected chi connectivity index (χ0v) is 14.6. The van der Waals surface area contributed by atoms with Crippen molar-refractivity contribution in [3.8, 4) is 11.5 Å². The fourth-order valence-electron chi connectivity index (χ4n) is 3.53. The van der Waals surface area contributed by atoms with E-state index in [2.05, 4.69) is 0 Å². The van der Waals surface area contributed by atoms with Crippen LogP contribution in [0.25, 0.3) is 11.0 Å². The summed E-state index contributed by atoms with van der Waals surface area (Å²) in [6.45, 7) is 0.826. The Balaban J connectivity index is 2.42. The average molecular weight is 332 g/mol. The molecule has 2 N–H and O–H groups in total. The molecule has 6 nitrogen and oxygen atoms in total. The second-order valence-electron chi connectivity index (χ2n) is 7.03. The zero-order chi connectivity index (χ0) is 17.6. The van der Waals surface area contributed by atoms with Crippen LogP contribution < -0.4 is 5.63 Å². The zero-order valence-electron chi connectivity index (χ0n) is 14.6. The summed E-state index contributed by atoms with van der Waals surface area (Å²) < 4.78 is 5.54. The number of hydrogen-bond donors (Lipinski definition) is 2. The minimum Gasteiger partial charge on any atom is -0.507 e. The van der Waals surface area contributed by atoms with Crippen molar-refractivity contribution in [2.24, 2.45) is 0 Å². The molecule has 2 aromatic rings. The van der Waals surface area contributed by atoms with Crippen molar-refractivity contribution in [3.05, 3.63) is 32.7 Å². The van der Waals surface area contributed by atoms with Crippen LogP contribution in [0.3, 0.4) is 0 Å². The number of hydrogen-bond acceptors (Lipinski definition) is 6. The highest BCUT2D eigenvalue weighted by atomic mass is 16.4. The molecule has 1 aromatic carbocycles. The van der Waals surface area contributed by atoms with Gasteiger partial charge in [0.05, 0.1) is 16.5 Å². The molecule has 0 unspecified atom stereocenters. The number of rotatable bonds is 4. The van der Waals surface area contributed by atoms with Crippen LogP contribution in [0.1, 0.15) is 28.7 Å². The summed E-state index contributed by atoms with van der Waals surface area (Å²) in [5.74, 6) is 0.0316. The predicted molar refractivity (Wildman–Crippen MR) is 92.6 cm³/mol. The Kier molecular flexibility index (Phi) is 4.27. The average Bonchev–Trinajstić information content (AvgIpc) is 2.97. The molecule has 0 fully saturated rings. The van der Waals surface area contributed by atoms with Crippen molar-refractivity contribution in [1.82, 2.24) is 9.80 Å². The summed E-state index contributed by atoms with van der Waals surface area (Å²) in [5.41, 5.74) is 2.53. The van der Waals surface area contributed by atoms with Crippen molar-refractivity contribution in [2.45, 2.75) is 32.4 Å². The number of aryl methyl sites for hydroxylation is 1. The van der Waals surface area contributed by atoms with Crippen LogP contribution >= 0.6 is 0 Å². The SMILES string of the molecule is CN(C)Cc1c(O)c(CN(C)C)c2oc(=O)c3c(c2c1O)CCC3. The van der Waals surface area contributed by atoms with Gasteiger partial charge in [0.15, 0.2) is 5.58 Å². The van der Waals surface area contributed by atoms with Gasteiger partial charge < -0.3 is 24.4 Å². The molecule has 0 aliphatic heterocycles. The Bertz CT molecular complexity index is 853. The number of nitrogens with zero attached hydrogens (tertiary/aromatic N) is 2. The molecule has 0 bridgehead atoms. The number of fused-ring (bicyclic) bond motifs is 3. The molecule has 24 heavy (non-hydrogen) atoms. The molecule has 1 aliphatic rings. The van der Waals surface area contributed by atoms with Crippen molar-refractivity contribution >= 4 is 11.0 Å². The lowest BCUT2D eigenvalue weighted by Crippen LogP contribution is -2.16. The lowest BCUT2D eigenvalue weighted by molar-refractivity contribution is 0.356. The number of phenolic OH excluding ortho intramolecular Hbond substituents is 2. The Morgan fingerprint density at radius 1 is 0.917 bits per heavy atom. The van der Waals surface area contributed by atoms with Gasteiger partial charge in [-0.2, -0.15) is 0 Å². The summed E-state index contributed by atoms with van der Waals surface area (Å²) in [5, 5.41) is 22.2. The lowest BCUT2D eigenvalue weighted by atomic mass is 9.97. The first-order chi connectivity index (χ1) is 11.3. The standard InChI is InChI=1S/C18H24N2O4/c1-19(2)8-12-15(21)13(9-20(3)4)17-14(16(12)22)10-6-5-7-11(10)18(23)24-17/h21-22H,5-9H2,1-4H3. The van der Waals surface area contributed by atoms with Crippen molar-refractivity contribution in [2.75, 3.05) is 28.2 Å². The highest BCUT2D eigenvalue weighted by molar-refractivity contribution is 5.93. The molecule has 1 heterocycles. The lowest BCUT2D eigenvalue weighted by Gasteiger charge is -2.20. The van der Waals surface area contributed by atoms with Crippen molar-refractivity contribution in [1.29, 1.82) is 0 Å². The largest absolute Gasteiger partial charge is 0.507 e. The summed E-state index contributed by atoms with van der Waals surface area (Å²) in [7, 11) is 7.53. The van der Waals surface area contributed by atoms with Gasteiger partial charge in [-0.05, 0) is 53.0 Å². The summed E-state index contributed by atoms with van der Waals surface area (Å²) in [6.07, 6.45) is 2.31. The minimum absolute atomic E-state index is 0.00324. The van der Waals surface area contributed by atoms with Gasteiger partial charge in [-0.3, -0.25) is 0 Å². The van der Waals surface area contributed by atoms with E-state index < -0.39 is 0 Å². The van der Waals surface area contributed by atoms with Crippen molar-refractivity contribution in [3.63, 3.8) is 0 Å². The van der Waals surface area contributed by atoms with Crippen LogP contribution in [0.4, 0.5) is 0 Å². The fourth-order valence-corrected chi connectivity index (χ4v) is 3.53. The highest BCUT2D eigenvalue weighted by Gasteiger charge is 2.28. The topological polar surface area (TPSA) is 77.2 Å². The first kappa shape index (κ1) is 16.8. The molecule has 3 rings (SSSR count). The Morgan fingerprint density at radius 3 is 2.12 bits per heavy atom. The molecule has 0 saturated heterocycles. The maximum absolute atomic E-state index is 12.3. The molecular weight excluding hydrogens is 308 g/mol. The molecule has 6 heteroatoms. The van der Waals surface area contributed by atoms with E-state index in [4.69, 9.17) is 4.42 Å². The molecular formula is C18H24N2O4. The van der Waals surface area contributed by atoms with Crippen LogP contribution in [0.15, 0.2) is 9.21 Å². The Labute approximate surface area is 140 Å². The van der Waals surface area contributed by atoms with E-state index in [0.29, 0.717) is 47.2 Å². The van der Waals surface area contributed by atoms with Crippen LogP contribution in [-0.4, -0.2) is 48.2 Å². The Morgan fingerprint density at radius 2 is 1.50 bits per heavy atom. The summed E-state index contributed by atoms with van der Waals surface area (Å²) >= 11 is 0. The third kappa shape index (κ3) is 2.65. The van der Waals surface area contributed by atoms with E-state index >= 15 is 0 Å². The van der Waals surface area contributed by atoms with Gasteiger partial charge in [0.2, 0.25) is 0 Å². The van der Waals surface area contributed by atoms with Gasteiger partial charge in [-0.1, -0.05) is 0 Å².